The predicted molar refractivity (Wildman–Crippen MR) is 191 cm³/mol. The minimum absolute atomic E-state index is 0.296. The molecule has 0 radical (unpaired) electrons. The molecule has 0 saturated carbocycles. The number of hydrogen-bond donors (Lipinski definition) is 0. The molecule has 0 aromatic heterocycles. The molecular weight excluding hydrogens is 584 g/mol. The topological polar surface area (TPSA) is 61.8 Å². The molecular formula is C42H54O5. The van der Waals surface area contributed by atoms with E-state index in [1.807, 2.05) is 24.3 Å². The molecule has 0 N–H and O–H groups in total. The molecule has 3 aromatic rings. The molecule has 0 bridgehead atoms. The highest BCUT2D eigenvalue weighted by Gasteiger charge is 2.09. The fourth-order valence-corrected chi connectivity index (χ4v) is 5.20. The van der Waals surface area contributed by atoms with E-state index in [4.69, 9.17) is 14.2 Å². The molecule has 3 aromatic carbocycles. The van der Waals surface area contributed by atoms with E-state index in [9.17, 15) is 9.59 Å². The van der Waals surface area contributed by atoms with Crippen molar-refractivity contribution in [1.82, 2.24) is 0 Å². The van der Waals surface area contributed by atoms with Gasteiger partial charge in [0.15, 0.2) is 0 Å². The number of benzene rings is 3. The van der Waals surface area contributed by atoms with Gasteiger partial charge in [0.1, 0.15) is 11.5 Å². The standard InChI is InChI=1S/C42H54O5/c1-3-5-7-9-11-12-13-14-16-18-34-46-41(43)37-25-21-35(22-26-37)19-20-36-23-27-38(28-24-36)42(44)47-40-31-29-39(30-32-40)45-33-17-15-10-8-6-4-2/h21-32H,3-18,33-34H2,1-2H3. The maximum atomic E-state index is 12.6. The molecule has 3 rings (SSSR count). The molecule has 5 nitrogen and oxygen atoms in total. The van der Waals surface area contributed by atoms with E-state index in [1.54, 1.807) is 48.5 Å². The van der Waals surface area contributed by atoms with Crippen molar-refractivity contribution in [1.29, 1.82) is 0 Å². The number of carbonyl (C=O) groups is 2. The largest absolute Gasteiger partial charge is 0.494 e. The number of hydrogen-bond acceptors (Lipinski definition) is 5. The van der Waals surface area contributed by atoms with Crippen molar-refractivity contribution in [3.8, 4) is 23.3 Å². The first-order valence-electron chi connectivity index (χ1n) is 17.9. The lowest BCUT2D eigenvalue weighted by Crippen LogP contribution is -2.08. The Morgan fingerprint density at radius 2 is 0.872 bits per heavy atom. The molecule has 0 amide bonds. The lowest BCUT2D eigenvalue weighted by molar-refractivity contribution is 0.0497. The van der Waals surface area contributed by atoms with E-state index < -0.39 is 5.97 Å². The molecule has 0 atom stereocenters. The van der Waals surface area contributed by atoms with Crippen molar-refractivity contribution in [2.75, 3.05) is 13.2 Å². The van der Waals surface area contributed by atoms with Crippen LogP contribution in [0.3, 0.4) is 0 Å². The third-order valence-corrected chi connectivity index (χ3v) is 8.12. The Bertz CT molecular complexity index is 1350. The van der Waals surface area contributed by atoms with Crippen LogP contribution in [0.2, 0.25) is 0 Å². The molecule has 0 unspecified atom stereocenters. The highest BCUT2D eigenvalue weighted by Crippen LogP contribution is 2.20. The van der Waals surface area contributed by atoms with Crippen LogP contribution >= 0.6 is 0 Å². The zero-order chi connectivity index (χ0) is 33.4. The SMILES string of the molecule is CCCCCCCCCCCCOC(=O)c1ccc(C#Cc2ccc(C(=O)Oc3ccc(OCCCCCCCC)cc3)cc2)cc1. The molecule has 0 aliphatic rings. The summed E-state index contributed by atoms with van der Waals surface area (Å²) in [6, 6.07) is 21.3. The van der Waals surface area contributed by atoms with Crippen LogP contribution in [-0.2, 0) is 4.74 Å². The van der Waals surface area contributed by atoms with Gasteiger partial charge >= 0.3 is 11.9 Å². The summed E-state index contributed by atoms with van der Waals surface area (Å²) in [5.74, 6) is 6.74. The van der Waals surface area contributed by atoms with Crippen molar-refractivity contribution in [2.24, 2.45) is 0 Å². The third-order valence-electron chi connectivity index (χ3n) is 8.12. The first-order valence-corrected chi connectivity index (χ1v) is 17.9. The highest BCUT2D eigenvalue weighted by molar-refractivity contribution is 5.91. The van der Waals surface area contributed by atoms with Crippen LogP contribution in [0.5, 0.6) is 11.5 Å². The van der Waals surface area contributed by atoms with Crippen molar-refractivity contribution in [3.63, 3.8) is 0 Å². The van der Waals surface area contributed by atoms with E-state index in [1.165, 1.54) is 83.5 Å². The summed E-state index contributed by atoms with van der Waals surface area (Å²) < 4.78 is 16.8. The first-order chi connectivity index (χ1) is 23.1. The van der Waals surface area contributed by atoms with Gasteiger partial charge in [0.05, 0.1) is 24.3 Å². The second-order valence-corrected chi connectivity index (χ2v) is 12.2. The van der Waals surface area contributed by atoms with E-state index in [2.05, 4.69) is 25.7 Å². The number of carbonyl (C=O) groups excluding carboxylic acids is 2. The van der Waals surface area contributed by atoms with Gasteiger partial charge in [-0.25, -0.2) is 9.59 Å². The second kappa shape index (κ2) is 23.3. The normalized spacial score (nSPS) is 10.6. The summed E-state index contributed by atoms with van der Waals surface area (Å²) in [5.41, 5.74) is 2.54. The number of ether oxygens (including phenoxy) is 3. The van der Waals surface area contributed by atoms with E-state index in [0.29, 0.717) is 30.1 Å². The average Bonchev–Trinajstić information content (AvgIpc) is 3.10. The number of esters is 2. The van der Waals surface area contributed by atoms with E-state index >= 15 is 0 Å². The molecule has 252 valence electrons. The summed E-state index contributed by atoms with van der Waals surface area (Å²) in [7, 11) is 0. The molecule has 0 heterocycles. The smallest absolute Gasteiger partial charge is 0.343 e. The molecule has 47 heavy (non-hydrogen) atoms. The van der Waals surface area contributed by atoms with Gasteiger partial charge in [-0.3, -0.25) is 0 Å². The van der Waals surface area contributed by atoms with Crippen LogP contribution in [0.4, 0.5) is 0 Å². The van der Waals surface area contributed by atoms with Crippen molar-refractivity contribution in [2.45, 2.75) is 117 Å². The maximum Gasteiger partial charge on any atom is 0.343 e. The molecule has 5 heteroatoms. The lowest BCUT2D eigenvalue weighted by atomic mass is 10.1. The van der Waals surface area contributed by atoms with Gasteiger partial charge in [-0.15, -0.1) is 0 Å². The molecule has 0 spiro atoms. The summed E-state index contributed by atoms with van der Waals surface area (Å²) in [5, 5.41) is 0. The predicted octanol–water partition coefficient (Wildman–Crippen LogP) is 11.1. The van der Waals surface area contributed by atoms with Gasteiger partial charge in [-0.2, -0.15) is 0 Å². The van der Waals surface area contributed by atoms with Crippen LogP contribution in [0.1, 0.15) is 148 Å². The number of unbranched alkanes of at least 4 members (excludes halogenated alkanes) is 14. The second-order valence-electron chi connectivity index (χ2n) is 12.2. The van der Waals surface area contributed by atoms with Crippen LogP contribution in [0, 0.1) is 11.8 Å². The quantitative estimate of drug-likeness (QED) is 0.0474. The van der Waals surface area contributed by atoms with Crippen molar-refractivity contribution >= 4 is 11.9 Å². The zero-order valence-corrected chi connectivity index (χ0v) is 28.7. The number of rotatable bonds is 22. The molecule has 0 aliphatic heterocycles. The third kappa shape index (κ3) is 15.9. The molecule has 0 saturated heterocycles. The lowest BCUT2D eigenvalue weighted by Gasteiger charge is -2.08. The van der Waals surface area contributed by atoms with E-state index in [0.717, 1.165) is 36.1 Å². The Kier molecular flexibility index (Phi) is 18.6. The Morgan fingerprint density at radius 1 is 0.468 bits per heavy atom. The van der Waals surface area contributed by atoms with Gasteiger partial charge in [0.2, 0.25) is 0 Å². The Hall–Kier alpha value is -4.04. The summed E-state index contributed by atoms with van der Waals surface area (Å²) in [6.07, 6.45) is 19.8. The minimum atomic E-state index is -0.430. The van der Waals surface area contributed by atoms with Crippen LogP contribution in [-0.4, -0.2) is 25.2 Å². The van der Waals surface area contributed by atoms with Gasteiger partial charge < -0.3 is 14.2 Å². The molecule has 0 fully saturated rings. The maximum absolute atomic E-state index is 12.6. The van der Waals surface area contributed by atoms with Gasteiger partial charge in [-0.05, 0) is 85.6 Å². The average molecular weight is 639 g/mol. The van der Waals surface area contributed by atoms with Crippen molar-refractivity contribution < 1.29 is 23.8 Å². The molecule has 0 aliphatic carbocycles. The van der Waals surface area contributed by atoms with E-state index in [-0.39, 0.29) is 5.97 Å². The van der Waals surface area contributed by atoms with Gasteiger partial charge in [0, 0.05) is 11.1 Å². The first kappa shape index (κ1) is 37.4. The highest BCUT2D eigenvalue weighted by atomic mass is 16.5. The monoisotopic (exact) mass is 638 g/mol. The van der Waals surface area contributed by atoms with Crippen LogP contribution in [0.15, 0.2) is 72.8 Å². The van der Waals surface area contributed by atoms with Gasteiger partial charge in [-0.1, -0.05) is 116 Å². The summed E-state index contributed by atoms with van der Waals surface area (Å²) >= 11 is 0. The Labute approximate surface area is 283 Å². The van der Waals surface area contributed by atoms with Crippen LogP contribution < -0.4 is 9.47 Å². The summed E-state index contributed by atoms with van der Waals surface area (Å²) in [4.78, 5) is 25.0. The fourth-order valence-electron chi connectivity index (χ4n) is 5.20. The van der Waals surface area contributed by atoms with Gasteiger partial charge in [0.25, 0.3) is 0 Å². The van der Waals surface area contributed by atoms with Crippen molar-refractivity contribution in [3.05, 3.63) is 95.1 Å². The minimum Gasteiger partial charge on any atom is -0.494 e. The summed E-state index contributed by atoms with van der Waals surface area (Å²) in [6.45, 7) is 5.62. The fraction of sp³-hybridized carbons (Fsp3) is 0.476. The Balaban J connectivity index is 1.34. The zero-order valence-electron chi connectivity index (χ0n) is 28.7. The van der Waals surface area contributed by atoms with Crippen LogP contribution in [0.25, 0.3) is 0 Å². The Morgan fingerprint density at radius 3 is 1.36 bits per heavy atom.